The summed E-state index contributed by atoms with van der Waals surface area (Å²) in [5.41, 5.74) is -0.229. The molecule has 176 valence electrons. The van der Waals surface area contributed by atoms with Crippen molar-refractivity contribution in [1.82, 2.24) is 5.32 Å². The fourth-order valence-electron chi connectivity index (χ4n) is 3.22. The van der Waals surface area contributed by atoms with Crippen LogP contribution in [0.5, 0.6) is 0 Å². The Morgan fingerprint density at radius 3 is 2.21 bits per heavy atom. The summed E-state index contributed by atoms with van der Waals surface area (Å²) in [7, 11) is -0.854. The minimum absolute atomic E-state index is 0.0323. The lowest BCUT2D eigenvalue weighted by molar-refractivity contribution is 0.00578. The van der Waals surface area contributed by atoms with E-state index in [1.165, 1.54) is 6.08 Å². The monoisotopic (exact) mass is 459 g/mol. The largest absolute Gasteiger partial charge is 0.492 e. The van der Waals surface area contributed by atoms with Crippen molar-refractivity contribution in [2.24, 2.45) is 0 Å². The predicted octanol–water partition coefficient (Wildman–Crippen LogP) is 4.40. The summed E-state index contributed by atoms with van der Waals surface area (Å²) in [5.74, 6) is -1.74. The molecule has 1 heterocycles. The zero-order valence-corrected chi connectivity index (χ0v) is 19.2. The van der Waals surface area contributed by atoms with Gasteiger partial charge in [-0.05, 0) is 56.4 Å². The van der Waals surface area contributed by atoms with Crippen molar-refractivity contribution in [3.63, 3.8) is 0 Å². The van der Waals surface area contributed by atoms with Gasteiger partial charge in [0.25, 0.3) is 0 Å². The molecule has 0 radical (unpaired) electrons. The molecule has 0 unspecified atom stereocenters. The number of carbonyl (C=O) groups excluding carboxylic acids is 1. The van der Waals surface area contributed by atoms with Gasteiger partial charge in [0.05, 0.1) is 17.8 Å². The number of carbonyl (C=O) groups is 1. The van der Waals surface area contributed by atoms with Crippen LogP contribution in [0.25, 0.3) is 6.08 Å². The van der Waals surface area contributed by atoms with Crippen molar-refractivity contribution in [3.05, 3.63) is 76.3 Å². The van der Waals surface area contributed by atoms with E-state index in [4.69, 9.17) is 19.2 Å². The Bertz CT molecular complexity index is 988. The zero-order chi connectivity index (χ0) is 24.2. The summed E-state index contributed by atoms with van der Waals surface area (Å²) < 4.78 is 45.7. The first-order chi connectivity index (χ1) is 15.5. The average Bonchev–Trinajstić information content (AvgIpc) is 2.97. The fourth-order valence-corrected chi connectivity index (χ4v) is 3.22. The second-order valence-electron chi connectivity index (χ2n) is 8.84. The summed E-state index contributed by atoms with van der Waals surface area (Å²) in [6.07, 6.45) is 0.835. The number of alkyl carbamates (subject to hydrolysis) is 1. The maximum Gasteiger partial charge on any atom is 0.492 e. The molecule has 2 aromatic carbocycles. The molecule has 9 heteroatoms. The van der Waals surface area contributed by atoms with Gasteiger partial charge >= 0.3 is 13.2 Å². The van der Waals surface area contributed by atoms with Crippen LogP contribution in [0.3, 0.4) is 0 Å². The van der Waals surface area contributed by atoms with E-state index in [9.17, 15) is 13.6 Å². The SMILES string of the molecule is CC1(C)OB(C(=Cc2cc(F)c(CO)c(F)c2)CNC(=O)OCc2ccccc2)OC1(C)C. The van der Waals surface area contributed by atoms with E-state index < -0.39 is 48.2 Å². The minimum atomic E-state index is -0.868. The smallest absolute Gasteiger partial charge is 0.445 e. The second-order valence-corrected chi connectivity index (χ2v) is 8.84. The molecule has 33 heavy (non-hydrogen) atoms. The van der Waals surface area contributed by atoms with Gasteiger partial charge in [0.1, 0.15) is 18.2 Å². The van der Waals surface area contributed by atoms with Gasteiger partial charge in [0, 0.05) is 12.1 Å². The number of aliphatic hydroxyl groups is 1. The summed E-state index contributed by atoms with van der Waals surface area (Å²) in [5, 5.41) is 11.8. The molecule has 0 saturated carbocycles. The van der Waals surface area contributed by atoms with Gasteiger partial charge in [-0.25, -0.2) is 13.6 Å². The lowest BCUT2D eigenvalue weighted by Gasteiger charge is -2.32. The van der Waals surface area contributed by atoms with Crippen molar-refractivity contribution in [3.8, 4) is 0 Å². The third-order valence-corrected chi connectivity index (χ3v) is 5.88. The van der Waals surface area contributed by atoms with Crippen LogP contribution in [0.15, 0.2) is 47.9 Å². The van der Waals surface area contributed by atoms with Crippen molar-refractivity contribution in [1.29, 1.82) is 0 Å². The van der Waals surface area contributed by atoms with Crippen molar-refractivity contribution < 1.29 is 32.7 Å². The lowest BCUT2D eigenvalue weighted by atomic mass is 9.77. The molecule has 1 amide bonds. The van der Waals surface area contributed by atoms with Gasteiger partial charge in [-0.3, -0.25) is 0 Å². The number of ether oxygens (including phenoxy) is 1. The van der Waals surface area contributed by atoms with E-state index >= 15 is 0 Å². The number of nitrogens with one attached hydrogen (secondary N) is 1. The number of aliphatic hydroxyl groups excluding tert-OH is 1. The standard InChI is InChI=1S/C24H28BF2NO5/c1-23(2)24(3,4)33-25(32-23)18(10-17-11-20(26)19(14-29)21(27)12-17)13-28-22(30)31-15-16-8-6-5-7-9-16/h5-12,29H,13-15H2,1-4H3,(H,28,30). The summed E-state index contributed by atoms with van der Waals surface area (Å²) >= 11 is 0. The fraction of sp³-hybridized carbons (Fsp3) is 0.375. The number of hydrogen-bond donors (Lipinski definition) is 2. The van der Waals surface area contributed by atoms with Gasteiger partial charge in [-0.15, -0.1) is 0 Å². The molecule has 0 spiro atoms. The maximum atomic E-state index is 14.2. The molecule has 3 rings (SSSR count). The Kier molecular flexibility index (Phi) is 7.56. The first-order valence-corrected chi connectivity index (χ1v) is 10.6. The van der Waals surface area contributed by atoms with Crippen molar-refractivity contribution in [2.75, 3.05) is 6.54 Å². The number of rotatable bonds is 7. The molecule has 2 N–H and O–H groups in total. The molecule has 0 atom stereocenters. The summed E-state index contributed by atoms with van der Waals surface area (Å²) in [6, 6.07) is 11.4. The van der Waals surface area contributed by atoms with Gasteiger partial charge in [0.2, 0.25) is 0 Å². The Morgan fingerprint density at radius 1 is 1.09 bits per heavy atom. The number of hydrogen-bond acceptors (Lipinski definition) is 5. The van der Waals surface area contributed by atoms with E-state index in [2.05, 4.69) is 5.32 Å². The molecule has 1 aliphatic rings. The molecular formula is C24H28BF2NO5. The van der Waals surface area contributed by atoms with Gasteiger partial charge in [-0.1, -0.05) is 36.4 Å². The van der Waals surface area contributed by atoms with E-state index in [0.29, 0.717) is 5.47 Å². The number of amides is 1. The first kappa shape index (κ1) is 24.9. The number of halogens is 2. The van der Waals surface area contributed by atoms with Gasteiger partial charge in [0.15, 0.2) is 0 Å². The van der Waals surface area contributed by atoms with Crippen LogP contribution in [0.4, 0.5) is 13.6 Å². The Labute approximate surface area is 192 Å². The Morgan fingerprint density at radius 2 is 1.67 bits per heavy atom. The Hall–Kier alpha value is -2.75. The molecule has 1 aliphatic heterocycles. The third kappa shape index (κ3) is 5.99. The predicted molar refractivity (Wildman–Crippen MR) is 121 cm³/mol. The molecule has 0 aromatic heterocycles. The van der Waals surface area contributed by atoms with E-state index in [1.807, 2.05) is 58.0 Å². The average molecular weight is 459 g/mol. The maximum absolute atomic E-state index is 14.2. The minimum Gasteiger partial charge on any atom is -0.445 e. The molecule has 1 saturated heterocycles. The van der Waals surface area contributed by atoms with Gasteiger partial charge < -0.3 is 24.5 Å². The van der Waals surface area contributed by atoms with Crippen LogP contribution in [-0.4, -0.2) is 36.1 Å². The second kappa shape index (κ2) is 10.0. The Balaban J connectivity index is 1.79. The highest BCUT2D eigenvalue weighted by Gasteiger charge is 2.52. The first-order valence-electron chi connectivity index (χ1n) is 10.6. The van der Waals surface area contributed by atoms with Crippen LogP contribution < -0.4 is 5.32 Å². The molecule has 0 bridgehead atoms. The normalized spacial score (nSPS) is 17.2. The van der Waals surface area contributed by atoms with E-state index in [1.54, 1.807) is 0 Å². The lowest BCUT2D eigenvalue weighted by Crippen LogP contribution is -2.41. The van der Waals surface area contributed by atoms with Crippen LogP contribution in [0.2, 0.25) is 0 Å². The molecule has 0 aliphatic carbocycles. The number of benzene rings is 2. The highest BCUT2D eigenvalue weighted by atomic mass is 19.1. The van der Waals surface area contributed by atoms with Crippen LogP contribution >= 0.6 is 0 Å². The topological polar surface area (TPSA) is 77.0 Å². The molecule has 6 nitrogen and oxygen atoms in total. The van der Waals surface area contributed by atoms with Crippen LogP contribution in [0, 0.1) is 11.6 Å². The van der Waals surface area contributed by atoms with E-state index in [-0.39, 0.29) is 18.7 Å². The highest BCUT2D eigenvalue weighted by Crippen LogP contribution is 2.38. The van der Waals surface area contributed by atoms with Crippen LogP contribution in [0.1, 0.15) is 44.4 Å². The highest BCUT2D eigenvalue weighted by molar-refractivity contribution is 6.56. The molecule has 1 fully saturated rings. The molecular weight excluding hydrogens is 431 g/mol. The quantitative estimate of drug-likeness (QED) is 0.601. The summed E-state index contributed by atoms with van der Waals surface area (Å²) in [4.78, 5) is 12.2. The van der Waals surface area contributed by atoms with E-state index in [0.717, 1.165) is 17.7 Å². The van der Waals surface area contributed by atoms with Crippen molar-refractivity contribution in [2.45, 2.75) is 52.1 Å². The zero-order valence-electron chi connectivity index (χ0n) is 19.2. The summed E-state index contributed by atoms with van der Waals surface area (Å²) in [6.45, 7) is 6.82. The third-order valence-electron chi connectivity index (χ3n) is 5.88. The molecule has 2 aromatic rings. The van der Waals surface area contributed by atoms with Gasteiger partial charge in [-0.2, -0.15) is 0 Å². The van der Waals surface area contributed by atoms with Crippen LogP contribution in [-0.2, 0) is 27.3 Å². The van der Waals surface area contributed by atoms with Crippen molar-refractivity contribution >= 4 is 19.3 Å².